The lowest BCUT2D eigenvalue weighted by atomic mass is 9.97. The van der Waals surface area contributed by atoms with Crippen LogP contribution in [0.2, 0.25) is 0 Å². The van der Waals surface area contributed by atoms with Crippen molar-refractivity contribution < 1.29 is 5.11 Å². The van der Waals surface area contributed by atoms with Crippen LogP contribution in [0.25, 0.3) is 21.9 Å². The number of hydrogen-bond acceptors (Lipinski definition) is 1. The van der Waals surface area contributed by atoms with Crippen molar-refractivity contribution in [1.29, 1.82) is 0 Å². The number of aromatic hydroxyl groups is 1. The van der Waals surface area contributed by atoms with Gasteiger partial charge in [0.1, 0.15) is 5.75 Å². The summed E-state index contributed by atoms with van der Waals surface area (Å²) in [5.74, 6) is 0.317. The molecule has 30 heavy (non-hydrogen) atoms. The molecule has 0 fully saturated rings. The highest BCUT2D eigenvalue weighted by Crippen LogP contribution is 2.41. The molecule has 0 aliphatic rings. The van der Waals surface area contributed by atoms with Gasteiger partial charge in [-0.25, -0.2) is 0 Å². The highest BCUT2D eigenvalue weighted by molar-refractivity contribution is 7.80. The molecule has 1 nitrogen and oxygen atoms in total. The molecule has 0 bridgehead atoms. The van der Waals surface area contributed by atoms with Crippen molar-refractivity contribution >= 4 is 34.6 Å². The Balaban J connectivity index is 1.81. The molecule has 0 spiro atoms. The topological polar surface area (TPSA) is 20.2 Å². The van der Waals surface area contributed by atoms with E-state index in [1.807, 2.05) is 24.3 Å². The molecular weight excluding hydrogens is 383 g/mol. The smallest absolute Gasteiger partial charge is 0.124 e. The van der Waals surface area contributed by atoms with Gasteiger partial charge in [0.15, 0.2) is 0 Å². The number of fused-ring (bicyclic) bond motifs is 1. The Bertz CT molecular complexity index is 1260. The van der Waals surface area contributed by atoms with Crippen LogP contribution in [0, 0.1) is 0 Å². The van der Waals surface area contributed by atoms with Crippen LogP contribution in [0.1, 0.15) is 0 Å². The monoisotopic (exact) mass is 404 g/mol. The predicted molar refractivity (Wildman–Crippen MR) is 130 cm³/mol. The summed E-state index contributed by atoms with van der Waals surface area (Å²) in [6, 6.07) is 41.9. The van der Waals surface area contributed by atoms with Crippen LogP contribution in [0.15, 0.2) is 121 Å². The molecule has 0 aromatic heterocycles. The summed E-state index contributed by atoms with van der Waals surface area (Å²) in [4.78, 5) is 0. The van der Waals surface area contributed by atoms with Crippen LogP contribution in [-0.4, -0.2) is 5.11 Å². The molecule has 5 aromatic carbocycles. The minimum absolute atomic E-state index is 0.317. The van der Waals surface area contributed by atoms with Gasteiger partial charge in [-0.2, -0.15) is 0 Å². The summed E-state index contributed by atoms with van der Waals surface area (Å²) in [7, 11) is -0.769. The van der Waals surface area contributed by atoms with Crippen molar-refractivity contribution in [2.45, 2.75) is 0 Å². The molecule has 0 aliphatic carbocycles. The van der Waals surface area contributed by atoms with E-state index in [-0.39, 0.29) is 0 Å². The van der Waals surface area contributed by atoms with Crippen LogP contribution in [0.4, 0.5) is 0 Å². The molecular formula is C28H21OP. The zero-order valence-electron chi connectivity index (χ0n) is 16.4. The summed E-state index contributed by atoms with van der Waals surface area (Å²) in [5.41, 5.74) is 1.99. The fourth-order valence-corrected chi connectivity index (χ4v) is 6.46. The molecule has 144 valence electrons. The zero-order chi connectivity index (χ0) is 20.3. The number of rotatable bonds is 4. The number of hydrogen-bond donors (Lipinski definition) is 1. The number of phenols is 1. The van der Waals surface area contributed by atoms with Gasteiger partial charge >= 0.3 is 0 Å². The van der Waals surface area contributed by atoms with E-state index in [0.717, 1.165) is 21.9 Å². The Morgan fingerprint density at radius 1 is 0.500 bits per heavy atom. The molecule has 0 saturated carbocycles. The Morgan fingerprint density at radius 3 is 1.77 bits per heavy atom. The van der Waals surface area contributed by atoms with E-state index in [2.05, 4.69) is 97.1 Å². The number of benzene rings is 5. The van der Waals surface area contributed by atoms with E-state index in [1.165, 1.54) is 15.9 Å². The van der Waals surface area contributed by atoms with E-state index in [9.17, 15) is 5.11 Å². The van der Waals surface area contributed by atoms with E-state index < -0.39 is 7.92 Å². The third-order valence-corrected chi connectivity index (χ3v) is 7.85. The maximum Gasteiger partial charge on any atom is 0.124 e. The molecule has 1 N–H and O–H groups in total. The lowest BCUT2D eigenvalue weighted by Crippen LogP contribution is -2.22. The van der Waals surface area contributed by atoms with Crippen molar-refractivity contribution in [1.82, 2.24) is 0 Å². The van der Waals surface area contributed by atoms with Crippen molar-refractivity contribution in [3.63, 3.8) is 0 Å². The first-order valence-electron chi connectivity index (χ1n) is 10.0. The Hall–Kier alpha value is -3.41. The normalized spacial score (nSPS) is 11.1. The summed E-state index contributed by atoms with van der Waals surface area (Å²) >= 11 is 0. The molecule has 2 heteroatoms. The maximum absolute atomic E-state index is 10.9. The van der Waals surface area contributed by atoms with Crippen LogP contribution in [0.5, 0.6) is 5.75 Å². The molecule has 5 rings (SSSR count). The summed E-state index contributed by atoms with van der Waals surface area (Å²) < 4.78 is 0. The first kappa shape index (κ1) is 18.6. The summed E-state index contributed by atoms with van der Waals surface area (Å²) in [5, 5.41) is 17.0. The first-order valence-corrected chi connectivity index (χ1v) is 11.4. The largest absolute Gasteiger partial charge is 0.507 e. The lowest BCUT2D eigenvalue weighted by molar-refractivity contribution is 0.478. The average Bonchev–Trinajstić information content (AvgIpc) is 2.81. The van der Waals surface area contributed by atoms with Crippen LogP contribution >= 0.6 is 7.92 Å². The molecule has 0 aliphatic heterocycles. The van der Waals surface area contributed by atoms with Gasteiger partial charge in [-0.15, -0.1) is 0 Å². The van der Waals surface area contributed by atoms with Crippen molar-refractivity contribution in [3.8, 4) is 16.9 Å². The Kier molecular flexibility index (Phi) is 5.05. The lowest BCUT2D eigenvalue weighted by Gasteiger charge is -2.23. The van der Waals surface area contributed by atoms with Gasteiger partial charge in [-0.05, 0) is 46.2 Å². The average molecular weight is 404 g/mol. The van der Waals surface area contributed by atoms with E-state index in [0.29, 0.717) is 5.75 Å². The van der Waals surface area contributed by atoms with Gasteiger partial charge in [-0.3, -0.25) is 0 Å². The van der Waals surface area contributed by atoms with E-state index in [4.69, 9.17) is 0 Å². The fraction of sp³-hybridized carbons (Fsp3) is 0. The molecule has 0 amide bonds. The van der Waals surface area contributed by atoms with Gasteiger partial charge in [0.2, 0.25) is 0 Å². The Labute approximate surface area is 178 Å². The standard InChI is InChI=1S/C28H21OP/c29-26-20-19-21-11-7-8-16-24(21)28(26)25-17-9-10-18-27(25)30(22-12-3-1-4-13-22)23-14-5-2-6-15-23/h1-20,29H. The molecule has 0 saturated heterocycles. The van der Waals surface area contributed by atoms with Crippen LogP contribution < -0.4 is 15.9 Å². The SMILES string of the molecule is Oc1ccc2ccccc2c1-c1ccccc1P(c1ccccc1)c1ccccc1. The maximum atomic E-state index is 10.9. The van der Waals surface area contributed by atoms with E-state index in [1.54, 1.807) is 0 Å². The molecule has 0 radical (unpaired) electrons. The van der Waals surface area contributed by atoms with Gasteiger partial charge < -0.3 is 5.11 Å². The van der Waals surface area contributed by atoms with Crippen molar-refractivity contribution in [3.05, 3.63) is 121 Å². The third kappa shape index (κ3) is 3.38. The summed E-state index contributed by atoms with van der Waals surface area (Å²) in [6.45, 7) is 0. The van der Waals surface area contributed by atoms with Gasteiger partial charge in [0.05, 0.1) is 0 Å². The fourth-order valence-electron chi connectivity index (χ4n) is 4.00. The summed E-state index contributed by atoms with van der Waals surface area (Å²) in [6.07, 6.45) is 0. The molecule has 5 aromatic rings. The van der Waals surface area contributed by atoms with Crippen molar-refractivity contribution in [2.75, 3.05) is 0 Å². The second-order valence-corrected chi connectivity index (χ2v) is 9.39. The van der Waals surface area contributed by atoms with Gasteiger partial charge in [0.25, 0.3) is 0 Å². The second kappa shape index (κ2) is 8.14. The molecule has 0 heterocycles. The van der Waals surface area contributed by atoms with Crippen LogP contribution in [-0.2, 0) is 0 Å². The highest BCUT2D eigenvalue weighted by atomic mass is 31.1. The highest BCUT2D eigenvalue weighted by Gasteiger charge is 2.22. The van der Waals surface area contributed by atoms with Crippen molar-refractivity contribution in [2.24, 2.45) is 0 Å². The second-order valence-electron chi connectivity index (χ2n) is 7.20. The quantitative estimate of drug-likeness (QED) is 0.366. The predicted octanol–water partition coefficient (Wildman–Crippen LogP) is 5.97. The van der Waals surface area contributed by atoms with Gasteiger partial charge in [-0.1, -0.05) is 115 Å². The minimum Gasteiger partial charge on any atom is -0.507 e. The van der Waals surface area contributed by atoms with Gasteiger partial charge in [0, 0.05) is 5.56 Å². The minimum atomic E-state index is -0.769. The Morgan fingerprint density at radius 2 is 1.07 bits per heavy atom. The molecule has 0 atom stereocenters. The number of phenolic OH excluding ortho intramolecular Hbond substituents is 1. The third-order valence-electron chi connectivity index (χ3n) is 5.35. The molecule has 0 unspecified atom stereocenters. The van der Waals surface area contributed by atoms with Crippen LogP contribution in [0.3, 0.4) is 0 Å². The van der Waals surface area contributed by atoms with E-state index >= 15 is 0 Å². The first-order chi connectivity index (χ1) is 14.8. The zero-order valence-corrected chi connectivity index (χ0v) is 17.3.